The number of piperidine rings is 1. The van der Waals surface area contributed by atoms with Crippen LogP contribution in [0.2, 0.25) is 0 Å². The summed E-state index contributed by atoms with van der Waals surface area (Å²) in [6.07, 6.45) is 6.27. The van der Waals surface area contributed by atoms with Gasteiger partial charge in [-0.15, -0.1) is 0 Å². The van der Waals surface area contributed by atoms with Crippen molar-refractivity contribution in [1.29, 1.82) is 0 Å². The second-order valence-corrected chi connectivity index (χ2v) is 8.98. The Kier molecular flexibility index (Phi) is 6.00. The van der Waals surface area contributed by atoms with Gasteiger partial charge in [-0.3, -0.25) is 14.5 Å². The fourth-order valence-electron chi connectivity index (χ4n) is 4.79. The van der Waals surface area contributed by atoms with E-state index in [4.69, 9.17) is 0 Å². The van der Waals surface area contributed by atoms with Crippen molar-refractivity contribution in [3.63, 3.8) is 0 Å². The quantitative estimate of drug-likeness (QED) is 0.822. The van der Waals surface area contributed by atoms with Crippen LogP contribution in [-0.2, 0) is 16.1 Å². The van der Waals surface area contributed by atoms with E-state index < -0.39 is 0 Å². The molecular formula is C23H33N3O2. The topological polar surface area (TPSA) is 52.7 Å². The smallest absolute Gasteiger partial charge is 0.225 e. The number of carbonyl (C=O) groups is 2. The molecule has 1 saturated carbocycles. The Morgan fingerprint density at radius 1 is 1.04 bits per heavy atom. The van der Waals surface area contributed by atoms with E-state index in [1.54, 1.807) is 0 Å². The number of carbonyl (C=O) groups excluding carboxylic acids is 2. The Bertz CT molecular complexity index is 698. The lowest BCUT2D eigenvalue weighted by molar-refractivity contribution is -0.138. The number of nitrogens with one attached hydrogen (secondary N) is 1. The normalized spacial score (nSPS) is 25.2. The first kappa shape index (κ1) is 19.4. The van der Waals surface area contributed by atoms with Crippen molar-refractivity contribution in [1.82, 2.24) is 15.1 Å². The zero-order valence-corrected chi connectivity index (χ0v) is 17.0. The Labute approximate surface area is 168 Å². The highest BCUT2D eigenvalue weighted by molar-refractivity contribution is 5.79. The minimum atomic E-state index is 0.114. The van der Waals surface area contributed by atoms with E-state index >= 15 is 0 Å². The molecule has 5 rings (SSSR count). The minimum Gasteiger partial charge on any atom is -0.352 e. The molecule has 1 aromatic rings. The third kappa shape index (κ3) is 4.57. The molecule has 1 aliphatic carbocycles. The summed E-state index contributed by atoms with van der Waals surface area (Å²) in [4.78, 5) is 29.6. The first-order valence-corrected chi connectivity index (χ1v) is 10.9. The number of hydrogen-bond donors (Lipinski definition) is 1. The third-order valence-electron chi connectivity index (χ3n) is 6.83. The van der Waals surface area contributed by atoms with Crippen LogP contribution in [0.5, 0.6) is 0 Å². The van der Waals surface area contributed by atoms with Gasteiger partial charge in [0.05, 0.1) is 0 Å². The lowest BCUT2D eigenvalue weighted by Gasteiger charge is -2.36. The van der Waals surface area contributed by atoms with Crippen LogP contribution in [0.25, 0.3) is 0 Å². The van der Waals surface area contributed by atoms with Gasteiger partial charge in [0.25, 0.3) is 0 Å². The largest absolute Gasteiger partial charge is 0.352 e. The molecule has 28 heavy (non-hydrogen) atoms. The maximum atomic E-state index is 12.7. The zero-order chi connectivity index (χ0) is 19.5. The Morgan fingerprint density at radius 3 is 2.54 bits per heavy atom. The van der Waals surface area contributed by atoms with E-state index in [0.29, 0.717) is 36.8 Å². The number of amides is 2. The van der Waals surface area contributed by atoms with Crippen molar-refractivity contribution in [2.24, 2.45) is 11.8 Å². The average Bonchev–Trinajstić information content (AvgIpc) is 2.96. The van der Waals surface area contributed by atoms with E-state index in [2.05, 4.69) is 46.3 Å². The first-order chi connectivity index (χ1) is 13.6. The Balaban J connectivity index is 1.25. The van der Waals surface area contributed by atoms with E-state index in [-0.39, 0.29) is 5.91 Å². The molecule has 1 N–H and O–H groups in total. The lowest BCUT2D eigenvalue weighted by Crippen LogP contribution is -2.46. The molecule has 4 aliphatic rings. The second-order valence-electron chi connectivity index (χ2n) is 8.98. The highest BCUT2D eigenvalue weighted by atomic mass is 16.2. The summed E-state index contributed by atoms with van der Waals surface area (Å²) >= 11 is 0. The lowest BCUT2D eigenvalue weighted by atomic mass is 9.84. The monoisotopic (exact) mass is 383 g/mol. The van der Waals surface area contributed by atoms with Crippen molar-refractivity contribution in [3.8, 4) is 0 Å². The first-order valence-electron chi connectivity index (χ1n) is 10.9. The van der Waals surface area contributed by atoms with Gasteiger partial charge < -0.3 is 10.2 Å². The maximum Gasteiger partial charge on any atom is 0.225 e. The van der Waals surface area contributed by atoms with Gasteiger partial charge in [-0.2, -0.15) is 0 Å². The van der Waals surface area contributed by atoms with Crippen LogP contribution in [0, 0.1) is 18.8 Å². The van der Waals surface area contributed by atoms with Gasteiger partial charge in [0.2, 0.25) is 11.8 Å². The van der Waals surface area contributed by atoms with Gasteiger partial charge in [0.15, 0.2) is 0 Å². The van der Waals surface area contributed by atoms with Crippen LogP contribution in [-0.4, -0.2) is 53.8 Å². The van der Waals surface area contributed by atoms with E-state index in [1.807, 2.05) is 0 Å². The number of aryl methyl sites for hydroxylation is 1. The highest BCUT2D eigenvalue weighted by Crippen LogP contribution is 2.33. The molecule has 3 heterocycles. The molecular weight excluding hydrogens is 350 g/mol. The van der Waals surface area contributed by atoms with Crippen LogP contribution < -0.4 is 5.32 Å². The fourth-order valence-corrected chi connectivity index (χ4v) is 4.79. The summed E-state index contributed by atoms with van der Waals surface area (Å²) in [5.41, 5.74) is 2.37. The second kappa shape index (κ2) is 8.64. The summed E-state index contributed by atoms with van der Waals surface area (Å²) in [5, 5.41) is 3.04. The number of hydrogen-bond acceptors (Lipinski definition) is 3. The molecule has 4 fully saturated rings. The van der Waals surface area contributed by atoms with E-state index in [9.17, 15) is 9.59 Å². The van der Waals surface area contributed by atoms with Gasteiger partial charge in [0, 0.05) is 51.1 Å². The van der Waals surface area contributed by atoms with Crippen molar-refractivity contribution < 1.29 is 9.59 Å². The van der Waals surface area contributed by atoms with Crippen molar-refractivity contribution in [3.05, 3.63) is 35.4 Å². The van der Waals surface area contributed by atoms with Crippen LogP contribution >= 0.6 is 0 Å². The van der Waals surface area contributed by atoms with Crippen molar-refractivity contribution in [2.75, 3.05) is 26.2 Å². The molecule has 0 spiro atoms. The molecule has 0 radical (unpaired) electrons. The van der Waals surface area contributed by atoms with Gasteiger partial charge >= 0.3 is 0 Å². The molecule has 5 heteroatoms. The fraction of sp³-hybridized carbons (Fsp3) is 0.652. The highest BCUT2D eigenvalue weighted by Gasteiger charge is 2.39. The van der Waals surface area contributed by atoms with Crippen molar-refractivity contribution >= 4 is 11.8 Å². The van der Waals surface area contributed by atoms with Crippen LogP contribution in [0.1, 0.15) is 49.7 Å². The average molecular weight is 384 g/mol. The standard InChI is InChI=1S/C23H33N3O2/c1-17-5-7-18(8-6-17)13-24-22(27)11-12-25-14-19-9-10-21(25)16-26(15-19)23(28)20-3-2-4-20/h5-8,19-21H,2-4,9-16H2,1H3,(H,24,27)/t19-,21-/m1/s1. The molecule has 3 saturated heterocycles. The summed E-state index contributed by atoms with van der Waals surface area (Å²) in [7, 11) is 0. The molecule has 3 aliphatic heterocycles. The van der Waals surface area contributed by atoms with Gasteiger partial charge in [-0.1, -0.05) is 36.2 Å². The van der Waals surface area contributed by atoms with Crippen molar-refractivity contribution in [2.45, 2.75) is 58.0 Å². The zero-order valence-electron chi connectivity index (χ0n) is 17.0. The summed E-state index contributed by atoms with van der Waals surface area (Å²) < 4.78 is 0. The molecule has 0 unspecified atom stereocenters. The van der Waals surface area contributed by atoms with Gasteiger partial charge in [-0.05, 0) is 44.1 Å². The molecule has 152 valence electrons. The number of benzene rings is 1. The van der Waals surface area contributed by atoms with Crippen LogP contribution in [0.4, 0.5) is 0 Å². The predicted molar refractivity (Wildman–Crippen MR) is 110 cm³/mol. The summed E-state index contributed by atoms with van der Waals surface area (Å²) in [6, 6.07) is 8.71. The van der Waals surface area contributed by atoms with E-state index in [0.717, 1.165) is 51.0 Å². The predicted octanol–water partition coefficient (Wildman–Crippen LogP) is 2.72. The molecule has 2 amide bonds. The summed E-state index contributed by atoms with van der Waals surface area (Å²) in [5.74, 6) is 1.36. The maximum absolute atomic E-state index is 12.7. The van der Waals surface area contributed by atoms with Crippen LogP contribution in [0.15, 0.2) is 24.3 Å². The molecule has 2 bridgehead atoms. The Morgan fingerprint density at radius 2 is 1.82 bits per heavy atom. The molecule has 5 nitrogen and oxygen atoms in total. The number of fused-ring (bicyclic) bond motifs is 4. The van der Waals surface area contributed by atoms with Gasteiger partial charge in [0.1, 0.15) is 0 Å². The molecule has 0 aromatic heterocycles. The third-order valence-corrected chi connectivity index (χ3v) is 6.83. The SMILES string of the molecule is Cc1ccc(CNC(=O)CCN2C[C@H]3CC[C@@H]2CN(C(=O)C2CCC2)C3)cc1. The van der Waals surface area contributed by atoms with Gasteiger partial charge in [-0.25, -0.2) is 0 Å². The summed E-state index contributed by atoms with van der Waals surface area (Å²) in [6.45, 7) is 6.27. The van der Waals surface area contributed by atoms with Crippen LogP contribution in [0.3, 0.4) is 0 Å². The minimum absolute atomic E-state index is 0.114. The Hall–Kier alpha value is -1.88. The number of nitrogens with zero attached hydrogens (tertiary/aromatic N) is 2. The molecule has 2 atom stereocenters. The van der Waals surface area contributed by atoms with E-state index in [1.165, 1.54) is 18.4 Å². The molecule has 1 aromatic carbocycles. The number of rotatable bonds is 6.